The Balaban J connectivity index is 2.18. The van der Waals surface area contributed by atoms with Gasteiger partial charge in [-0.2, -0.15) is 5.10 Å². The molecule has 0 amide bonds. The van der Waals surface area contributed by atoms with Crippen molar-refractivity contribution in [1.82, 2.24) is 19.7 Å². The first-order valence-corrected chi connectivity index (χ1v) is 5.83. The fraction of sp³-hybridized carbons (Fsp3) is 0.100. The first kappa shape index (κ1) is 9.74. The maximum absolute atomic E-state index is 5.82. The van der Waals surface area contributed by atoms with Crippen molar-refractivity contribution in [1.29, 1.82) is 0 Å². The number of hydrogen-bond acceptors (Lipinski definition) is 4. The van der Waals surface area contributed by atoms with Crippen molar-refractivity contribution in [3.05, 3.63) is 29.8 Å². The number of pyridine rings is 1. The number of fused-ring (bicyclic) bond motifs is 1. The molecule has 0 N–H and O–H groups in total. The molecule has 0 unspecified atom stereocenters. The van der Waals surface area contributed by atoms with Gasteiger partial charge in [0.05, 0.1) is 16.4 Å². The third-order valence-electron chi connectivity index (χ3n) is 2.19. The van der Waals surface area contributed by atoms with Crippen molar-refractivity contribution in [3.8, 4) is 10.6 Å². The molecule has 0 saturated carbocycles. The monoisotopic (exact) mass is 250 g/mol. The van der Waals surface area contributed by atoms with E-state index in [1.807, 2.05) is 13.2 Å². The number of nitrogens with zero attached hydrogens (tertiary/aromatic N) is 4. The second-order valence-corrected chi connectivity index (χ2v) is 4.81. The summed E-state index contributed by atoms with van der Waals surface area (Å²) in [5, 5.41) is 5.53. The lowest BCUT2D eigenvalue weighted by Gasteiger charge is -1.86. The van der Waals surface area contributed by atoms with Crippen molar-refractivity contribution in [2.24, 2.45) is 7.05 Å². The predicted octanol–water partition coefficient (Wildman–Crippen LogP) is 2.75. The molecule has 80 valence electrons. The molecule has 16 heavy (non-hydrogen) atoms. The number of thiazole rings is 1. The highest BCUT2D eigenvalue weighted by molar-refractivity contribution is 7.21. The molecule has 0 bridgehead atoms. The van der Waals surface area contributed by atoms with Crippen LogP contribution in [0.4, 0.5) is 0 Å². The zero-order valence-corrected chi connectivity index (χ0v) is 9.96. The Hall–Kier alpha value is -1.46. The van der Waals surface area contributed by atoms with E-state index in [0.717, 1.165) is 20.8 Å². The lowest BCUT2D eigenvalue weighted by Crippen LogP contribution is -1.83. The van der Waals surface area contributed by atoms with Gasteiger partial charge in [-0.3, -0.25) is 4.68 Å². The SMILES string of the molecule is Cn1cc(-c2nc3cc(Cl)ncc3s2)cn1. The van der Waals surface area contributed by atoms with Crippen LogP contribution in [0.3, 0.4) is 0 Å². The summed E-state index contributed by atoms with van der Waals surface area (Å²) in [7, 11) is 1.88. The zero-order chi connectivity index (χ0) is 11.1. The van der Waals surface area contributed by atoms with Gasteiger partial charge in [0.1, 0.15) is 10.2 Å². The molecule has 6 heteroatoms. The maximum atomic E-state index is 5.82. The summed E-state index contributed by atoms with van der Waals surface area (Å²) in [6, 6.07) is 1.77. The molecule has 3 aromatic rings. The molecule has 0 fully saturated rings. The third-order valence-corrected chi connectivity index (χ3v) is 3.46. The van der Waals surface area contributed by atoms with Crippen molar-refractivity contribution >= 4 is 33.2 Å². The Morgan fingerprint density at radius 1 is 1.38 bits per heavy atom. The van der Waals surface area contributed by atoms with Gasteiger partial charge in [0.2, 0.25) is 0 Å². The molecule has 0 aliphatic carbocycles. The van der Waals surface area contributed by atoms with Gasteiger partial charge in [-0.05, 0) is 0 Å². The molecule has 0 atom stereocenters. The van der Waals surface area contributed by atoms with Crippen LogP contribution in [0, 0.1) is 0 Å². The third kappa shape index (κ3) is 1.58. The van der Waals surface area contributed by atoms with Crippen LogP contribution < -0.4 is 0 Å². The van der Waals surface area contributed by atoms with E-state index in [2.05, 4.69) is 15.1 Å². The van der Waals surface area contributed by atoms with E-state index in [9.17, 15) is 0 Å². The molecule has 3 aromatic heterocycles. The Morgan fingerprint density at radius 3 is 3.00 bits per heavy atom. The Kier molecular flexibility index (Phi) is 2.15. The summed E-state index contributed by atoms with van der Waals surface area (Å²) in [6.07, 6.45) is 5.48. The van der Waals surface area contributed by atoms with E-state index in [1.165, 1.54) is 0 Å². The molecule has 0 aliphatic heterocycles. The molecule has 0 aliphatic rings. The first-order valence-electron chi connectivity index (χ1n) is 4.63. The van der Waals surface area contributed by atoms with Crippen LogP contribution in [0.25, 0.3) is 20.8 Å². The van der Waals surface area contributed by atoms with Crippen molar-refractivity contribution < 1.29 is 0 Å². The van der Waals surface area contributed by atoms with Crippen molar-refractivity contribution in [3.63, 3.8) is 0 Å². The highest BCUT2D eigenvalue weighted by Gasteiger charge is 2.08. The summed E-state index contributed by atoms with van der Waals surface area (Å²) < 4.78 is 2.79. The second kappa shape index (κ2) is 3.54. The lowest BCUT2D eigenvalue weighted by molar-refractivity contribution is 0.768. The molecular formula is C10H7ClN4S. The van der Waals surface area contributed by atoms with Crippen LogP contribution >= 0.6 is 22.9 Å². The smallest absolute Gasteiger partial charge is 0.131 e. The minimum atomic E-state index is 0.468. The highest BCUT2D eigenvalue weighted by Crippen LogP contribution is 2.30. The maximum Gasteiger partial charge on any atom is 0.131 e. The molecule has 0 aromatic carbocycles. The molecule has 0 spiro atoms. The number of rotatable bonds is 1. The Bertz CT molecular complexity index is 658. The Morgan fingerprint density at radius 2 is 2.25 bits per heavy atom. The van der Waals surface area contributed by atoms with E-state index < -0.39 is 0 Å². The molecule has 0 radical (unpaired) electrons. The van der Waals surface area contributed by atoms with Gasteiger partial charge in [-0.1, -0.05) is 11.6 Å². The van der Waals surface area contributed by atoms with Gasteiger partial charge < -0.3 is 0 Å². The normalized spacial score (nSPS) is 11.1. The van der Waals surface area contributed by atoms with E-state index in [-0.39, 0.29) is 0 Å². The molecular weight excluding hydrogens is 244 g/mol. The van der Waals surface area contributed by atoms with E-state index >= 15 is 0 Å². The van der Waals surface area contributed by atoms with Crippen LogP contribution in [0.15, 0.2) is 24.7 Å². The van der Waals surface area contributed by atoms with Crippen LogP contribution in [0.1, 0.15) is 0 Å². The largest absolute Gasteiger partial charge is 0.275 e. The topological polar surface area (TPSA) is 43.6 Å². The lowest BCUT2D eigenvalue weighted by atomic mass is 10.4. The zero-order valence-electron chi connectivity index (χ0n) is 8.38. The van der Waals surface area contributed by atoms with E-state index in [0.29, 0.717) is 5.15 Å². The molecule has 0 saturated heterocycles. The summed E-state index contributed by atoms with van der Waals surface area (Å²) >= 11 is 7.40. The van der Waals surface area contributed by atoms with Crippen molar-refractivity contribution in [2.45, 2.75) is 0 Å². The van der Waals surface area contributed by atoms with Gasteiger partial charge in [-0.25, -0.2) is 9.97 Å². The van der Waals surface area contributed by atoms with Crippen LogP contribution in [0.5, 0.6) is 0 Å². The van der Waals surface area contributed by atoms with Gasteiger partial charge in [0.15, 0.2) is 0 Å². The summed E-state index contributed by atoms with van der Waals surface area (Å²) in [5.41, 5.74) is 1.89. The average Bonchev–Trinajstić information content (AvgIpc) is 2.83. The second-order valence-electron chi connectivity index (χ2n) is 3.40. The van der Waals surface area contributed by atoms with Crippen LogP contribution in [-0.2, 0) is 7.05 Å². The summed E-state index contributed by atoms with van der Waals surface area (Å²) in [4.78, 5) is 8.53. The standard InChI is InChI=1S/C10H7ClN4S/c1-15-5-6(3-13-15)10-14-7-2-9(11)12-4-8(7)16-10/h2-5H,1H3. The van der Waals surface area contributed by atoms with Crippen LogP contribution in [-0.4, -0.2) is 19.7 Å². The molecule has 4 nitrogen and oxygen atoms in total. The van der Waals surface area contributed by atoms with Crippen molar-refractivity contribution in [2.75, 3.05) is 0 Å². The van der Waals surface area contributed by atoms with E-state index in [4.69, 9.17) is 11.6 Å². The fourth-order valence-electron chi connectivity index (χ4n) is 1.47. The number of aromatic nitrogens is 4. The van der Waals surface area contributed by atoms with Gasteiger partial charge in [0.25, 0.3) is 0 Å². The molecule has 3 rings (SSSR count). The highest BCUT2D eigenvalue weighted by atomic mass is 35.5. The van der Waals surface area contributed by atoms with Gasteiger partial charge >= 0.3 is 0 Å². The van der Waals surface area contributed by atoms with E-state index in [1.54, 1.807) is 34.5 Å². The minimum absolute atomic E-state index is 0.468. The first-order chi connectivity index (χ1) is 7.72. The number of hydrogen-bond donors (Lipinski definition) is 0. The Labute approximate surface area is 101 Å². The predicted molar refractivity (Wildman–Crippen MR) is 64.6 cm³/mol. The quantitative estimate of drug-likeness (QED) is 0.624. The number of aryl methyl sites for hydroxylation is 1. The minimum Gasteiger partial charge on any atom is -0.275 e. The summed E-state index contributed by atoms with van der Waals surface area (Å²) in [5.74, 6) is 0. The average molecular weight is 251 g/mol. The van der Waals surface area contributed by atoms with Crippen LogP contribution in [0.2, 0.25) is 5.15 Å². The fourth-order valence-corrected chi connectivity index (χ4v) is 2.51. The number of halogens is 1. The molecule has 3 heterocycles. The van der Waals surface area contributed by atoms with Gasteiger partial charge in [0, 0.05) is 31.1 Å². The van der Waals surface area contributed by atoms with Gasteiger partial charge in [-0.15, -0.1) is 11.3 Å². The summed E-state index contributed by atoms with van der Waals surface area (Å²) in [6.45, 7) is 0.